The number of fused-ring (bicyclic) bond motifs is 2. The van der Waals surface area contributed by atoms with Crippen LogP contribution in [0.4, 0.5) is 0 Å². The van der Waals surface area contributed by atoms with Crippen molar-refractivity contribution in [1.82, 2.24) is 0 Å². The molecule has 3 aromatic rings. The highest BCUT2D eigenvalue weighted by Gasteiger charge is 2.06. The van der Waals surface area contributed by atoms with Crippen LogP contribution in [0.2, 0.25) is 0 Å². The molecule has 0 unspecified atom stereocenters. The predicted molar refractivity (Wildman–Crippen MR) is 75.7 cm³/mol. The van der Waals surface area contributed by atoms with Gasteiger partial charge in [-0.15, -0.1) is 0 Å². The second-order valence-corrected chi connectivity index (χ2v) is 4.74. The van der Waals surface area contributed by atoms with Gasteiger partial charge in [0.2, 0.25) is 0 Å². The Kier molecular flexibility index (Phi) is 1.95. The highest BCUT2D eigenvalue weighted by Crippen LogP contribution is 2.31. The minimum absolute atomic E-state index is 0.668. The highest BCUT2D eigenvalue weighted by atomic mass is 14.1. The fourth-order valence-corrected chi connectivity index (χ4v) is 2.56. The van der Waals surface area contributed by atoms with E-state index in [0.717, 1.165) is 10.8 Å². The first kappa shape index (κ1) is 9.23. The van der Waals surface area contributed by atoms with E-state index in [-0.39, 0.29) is 0 Å². The van der Waals surface area contributed by atoms with Crippen LogP contribution in [0.5, 0.6) is 0 Å². The molecular weight excluding hydrogens is 204 g/mol. The number of aryl methyl sites for hydroxylation is 3. The average Bonchev–Trinajstić information content (AvgIpc) is 2.35. The van der Waals surface area contributed by atoms with Gasteiger partial charge in [-0.2, -0.15) is 0 Å². The maximum atomic E-state index is 8.51. The third-order valence-corrected chi connectivity index (χ3v) is 3.60. The van der Waals surface area contributed by atoms with E-state index in [2.05, 4.69) is 57.2 Å². The Hall–Kier alpha value is -1.82. The van der Waals surface area contributed by atoms with Gasteiger partial charge < -0.3 is 0 Å². The van der Waals surface area contributed by atoms with Crippen molar-refractivity contribution in [2.24, 2.45) is 0 Å². The smallest absolute Gasteiger partial charge is 0.0614 e. The minimum Gasteiger partial charge on any atom is -0.0614 e. The molecule has 0 amide bonds. The molecule has 0 atom stereocenters. The van der Waals surface area contributed by atoms with E-state index in [1.807, 2.05) is 0 Å². The third-order valence-electron chi connectivity index (χ3n) is 3.60. The van der Waals surface area contributed by atoms with Crippen molar-refractivity contribution in [2.45, 2.75) is 20.8 Å². The summed E-state index contributed by atoms with van der Waals surface area (Å²) in [5.41, 5.74) is 3.65. The van der Waals surface area contributed by atoms with Crippen molar-refractivity contribution in [2.75, 3.05) is 0 Å². The van der Waals surface area contributed by atoms with E-state index in [9.17, 15) is 0 Å². The topological polar surface area (TPSA) is 0 Å². The van der Waals surface area contributed by atoms with Crippen molar-refractivity contribution < 1.29 is 1.37 Å². The van der Waals surface area contributed by atoms with Gasteiger partial charge in [0.1, 0.15) is 0 Å². The molecular formula is C17H16. The van der Waals surface area contributed by atoms with Crippen molar-refractivity contribution in [1.29, 1.82) is 0 Å². The van der Waals surface area contributed by atoms with E-state index in [0.29, 0.717) is 6.04 Å². The summed E-state index contributed by atoms with van der Waals surface area (Å²) in [6.07, 6.45) is 0. The largest absolute Gasteiger partial charge is 0.0636 e. The molecule has 0 bridgehead atoms. The van der Waals surface area contributed by atoms with Gasteiger partial charge in [0.25, 0.3) is 0 Å². The van der Waals surface area contributed by atoms with Crippen LogP contribution in [0, 0.1) is 20.8 Å². The van der Waals surface area contributed by atoms with Gasteiger partial charge in [-0.25, -0.2) is 0 Å². The molecule has 0 aliphatic rings. The lowest BCUT2D eigenvalue weighted by atomic mass is 9.93. The zero-order chi connectivity index (χ0) is 12.9. The molecule has 3 rings (SSSR count). The molecule has 0 nitrogen and oxygen atoms in total. The standard InChI is InChI=1S/C17H16/c1-11-6-4-8-14-13(3)15-9-5-7-12(2)17(15)10-16(11)14/h4-10H,1-3H3/i10D. The second-order valence-electron chi connectivity index (χ2n) is 4.74. The molecule has 17 heavy (non-hydrogen) atoms. The van der Waals surface area contributed by atoms with E-state index in [1.165, 1.54) is 27.5 Å². The maximum Gasteiger partial charge on any atom is 0.0636 e. The Morgan fingerprint density at radius 1 is 0.706 bits per heavy atom. The average molecular weight is 221 g/mol. The van der Waals surface area contributed by atoms with Crippen LogP contribution < -0.4 is 0 Å². The van der Waals surface area contributed by atoms with Crippen molar-refractivity contribution in [3.05, 3.63) is 59.1 Å². The molecule has 0 radical (unpaired) electrons. The minimum atomic E-state index is 0.668. The summed E-state index contributed by atoms with van der Waals surface area (Å²) in [5, 5.41) is 4.60. The molecule has 0 heteroatoms. The number of rotatable bonds is 0. The molecule has 84 valence electrons. The Morgan fingerprint density at radius 3 is 1.65 bits per heavy atom. The highest BCUT2D eigenvalue weighted by molar-refractivity contribution is 6.04. The van der Waals surface area contributed by atoms with Crippen LogP contribution in [0.15, 0.2) is 42.4 Å². The van der Waals surface area contributed by atoms with Crippen molar-refractivity contribution in [3.8, 4) is 0 Å². The lowest BCUT2D eigenvalue weighted by molar-refractivity contribution is 1.48. The molecule has 0 aliphatic carbocycles. The second kappa shape index (κ2) is 3.59. The van der Waals surface area contributed by atoms with Crippen molar-refractivity contribution in [3.63, 3.8) is 0 Å². The Labute approximate surface area is 103 Å². The van der Waals surface area contributed by atoms with Gasteiger partial charge in [-0.3, -0.25) is 0 Å². The number of hydrogen-bond acceptors (Lipinski definition) is 0. The van der Waals surface area contributed by atoms with Crippen LogP contribution in [-0.2, 0) is 0 Å². The Bertz CT molecular complexity index is 707. The molecule has 0 aromatic heterocycles. The molecule has 0 spiro atoms. The van der Waals surface area contributed by atoms with Gasteiger partial charge in [0.15, 0.2) is 0 Å². The summed E-state index contributed by atoms with van der Waals surface area (Å²) in [5.74, 6) is 0. The molecule has 0 N–H and O–H groups in total. The van der Waals surface area contributed by atoms with E-state index in [4.69, 9.17) is 1.37 Å². The van der Waals surface area contributed by atoms with Gasteiger partial charge in [-0.1, -0.05) is 36.4 Å². The summed E-state index contributed by atoms with van der Waals surface area (Å²) in [4.78, 5) is 0. The van der Waals surface area contributed by atoms with Crippen LogP contribution in [-0.4, -0.2) is 0 Å². The zero-order valence-electron chi connectivity index (χ0n) is 11.5. The van der Waals surface area contributed by atoms with Crippen molar-refractivity contribution >= 4 is 21.5 Å². The van der Waals surface area contributed by atoms with E-state index >= 15 is 0 Å². The normalized spacial score (nSPS) is 12.1. The fourth-order valence-electron chi connectivity index (χ4n) is 2.56. The first-order valence-corrected chi connectivity index (χ1v) is 5.99. The molecule has 0 aliphatic heterocycles. The molecule has 0 saturated carbocycles. The lowest BCUT2D eigenvalue weighted by Gasteiger charge is -2.11. The summed E-state index contributed by atoms with van der Waals surface area (Å²) in [7, 11) is 0. The monoisotopic (exact) mass is 221 g/mol. The summed E-state index contributed by atoms with van der Waals surface area (Å²) in [6, 6.07) is 13.2. The van der Waals surface area contributed by atoms with Gasteiger partial charge in [-0.05, 0) is 65.0 Å². The first-order valence-electron chi connectivity index (χ1n) is 6.49. The number of benzene rings is 3. The Balaban J connectivity index is 2.71. The number of hydrogen-bond donors (Lipinski definition) is 0. The van der Waals surface area contributed by atoms with Crippen LogP contribution in [0.25, 0.3) is 21.5 Å². The molecule has 3 aromatic carbocycles. The van der Waals surface area contributed by atoms with Gasteiger partial charge >= 0.3 is 0 Å². The summed E-state index contributed by atoms with van der Waals surface area (Å²) in [6.45, 7) is 6.33. The van der Waals surface area contributed by atoms with E-state index < -0.39 is 0 Å². The third kappa shape index (κ3) is 1.44. The van der Waals surface area contributed by atoms with Crippen LogP contribution >= 0.6 is 0 Å². The van der Waals surface area contributed by atoms with Gasteiger partial charge in [0.05, 0.1) is 1.37 Å². The van der Waals surface area contributed by atoms with E-state index in [1.54, 1.807) is 0 Å². The Morgan fingerprint density at radius 2 is 1.18 bits per heavy atom. The predicted octanol–water partition coefficient (Wildman–Crippen LogP) is 4.92. The fraction of sp³-hybridized carbons (Fsp3) is 0.176. The van der Waals surface area contributed by atoms with Crippen LogP contribution in [0.3, 0.4) is 0 Å². The zero-order valence-corrected chi connectivity index (χ0v) is 10.5. The quantitative estimate of drug-likeness (QED) is 0.473. The molecule has 0 fully saturated rings. The molecule has 0 heterocycles. The SMILES string of the molecule is [2H]c1c2c(C)cccc2c(C)c2cccc(C)c12. The first-order chi connectivity index (χ1) is 8.61. The van der Waals surface area contributed by atoms with Crippen LogP contribution in [0.1, 0.15) is 18.1 Å². The summed E-state index contributed by atoms with van der Waals surface area (Å²) >= 11 is 0. The maximum absolute atomic E-state index is 8.51. The van der Waals surface area contributed by atoms with Gasteiger partial charge in [0, 0.05) is 0 Å². The lowest BCUT2D eigenvalue weighted by Crippen LogP contribution is -1.87. The summed E-state index contributed by atoms with van der Waals surface area (Å²) < 4.78 is 8.51. The molecule has 0 saturated heterocycles.